The van der Waals surface area contributed by atoms with Crippen molar-refractivity contribution in [3.05, 3.63) is 59.2 Å². The number of halogens is 2. The van der Waals surface area contributed by atoms with Gasteiger partial charge in [-0.2, -0.15) is 0 Å². The highest BCUT2D eigenvalue weighted by Crippen LogP contribution is 2.53. The summed E-state index contributed by atoms with van der Waals surface area (Å²) in [4.78, 5) is 11.4. The maximum atomic E-state index is 11.4. The van der Waals surface area contributed by atoms with Gasteiger partial charge in [-0.3, -0.25) is 0 Å². The van der Waals surface area contributed by atoms with Gasteiger partial charge in [0.1, 0.15) is 0 Å². The first-order chi connectivity index (χ1) is 9.11. The van der Waals surface area contributed by atoms with Crippen molar-refractivity contribution >= 4 is 37.8 Å². The molecule has 0 saturated carbocycles. The average molecular weight is 382 g/mol. The van der Waals surface area contributed by atoms with Gasteiger partial charge in [0, 0.05) is 0 Å². The van der Waals surface area contributed by atoms with Crippen LogP contribution in [0.1, 0.15) is 31.1 Å². The molecule has 1 aliphatic carbocycles. The predicted octanol–water partition coefficient (Wildman–Crippen LogP) is 4.94. The number of hydrogen-bond donors (Lipinski definition) is 1. The van der Waals surface area contributed by atoms with E-state index < -0.39 is 5.97 Å². The van der Waals surface area contributed by atoms with Crippen LogP contribution in [0.3, 0.4) is 0 Å². The molecule has 3 rings (SSSR count). The Hall–Kier alpha value is -1.13. The van der Waals surface area contributed by atoms with Crippen LogP contribution in [0.2, 0.25) is 0 Å². The molecule has 0 spiro atoms. The summed E-state index contributed by atoms with van der Waals surface area (Å²) in [5, 5.41) is 9.36. The third kappa shape index (κ3) is 1.94. The Morgan fingerprint density at radius 2 is 1.63 bits per heavy atom. The van der Waals surface area contributed by atoms with Gasteiger partial charge in [0.05, 0.1) is 15.2 Å². The van der Waals surface area contributed by atoms with E-state index in [-0.39, 0.29) is 9.65 Å². The fourth-order valence-corrected chi connectivity index (χ4v) is 4.01. The van der Waals surface area contributed by atoms with Gasteiger partial charge in [0.2, 0.25) is 0 Å². The van der Waals surface area contributed by atoms with Crippen LogP contribution in [-0.4, -0.2) is 11.1 Å². The monoisotopic (exact) mass is 380 g/mol. The second-order valence-corrected chi connectivity index (χ2v) is 6.44. The van der Waals surface area contributed by atoms with E-state index >= 15 is 0 Å². The standard InChI is InChI=1S/C15H10Br2O2/c16-13-10-5-2-1-4-8(10)9-6-3-7-11(15(18)19)12(9)14(13)17/h1-7,13-14H,(H,18,19)/t13-,14-/m0/s1. The molecule has 19 heavy (non-hydrogen) atoms. The zero-order chi connectivity index (χ0) is 13.6. The molecule has 2 nitrogen and oxygen atoms in total. The third-order valence-corrected chi connectivity index (χ3v) is 6.14. The molecule has 2 aromatic carbocycles. The minimum Gasteiger partial charge on any atom is -0.478 e. The molecule has 0 fully saturated rings. The lowest BCUT2D eigenvalue weighted by Gasteiger charge is -2.29. The number of alkyl halides is 2. The van der Waals surface area contributed by atoms with Crippen LogP contribution in [0, 0.1) is 0 Å². The Morgan fingerprint density at radius 3 is 2.37 bits per heavy atom. The van der Waals surface area contributed by atoms with Crippen LogP contribution >= 0.6 is 31.9 Å². The second kappa shape index (κ2) is 4.76. The van der Waals surface area contributed by atoms with E-state index in [4.69, 9.17) is 0 Å². The largest absolute Gasteiger partial charge is 0.478 e. The van der Waals surface area contributed by atoms with E-state index in [9.17, 15) is 9.90 Å². The first-order valence-corrected chi connectivity index (χ1v) is 7.68. The van der Waals surface area contributed by atoms with Gasteiger partial charge < -0.3 is 5.11 Å². The number of aromatic carboxylic acids is 1. The molecule has 4 heteroatoms. The van der Waals surface area contributed by atoms with Crippen molar-refractivity contribution in [2.24, 2.45) is 0 Å². The number of rotatable bonds is 1. The number of hydrogen-bond acceptors (Lipinski definition) is 1. The Balaban J connectivity index is 2.36. The highest BCUT2D eigenvalue weighted by Gasteiger charge is 2.33. The Labute approximate surface area is 127 Å². The quantitative estimate of drug-likeness (QED) is 0.710. The Bertz CT molecular complexity index is 667. The van der Waals surface area contributed by atoms with Crippen molar-refractivity contribution in [3.8, 4) is 11.1 Å². The van der Waals surface area contributed by atoms with Gasteiger partial charge in [-0.05, 0) is 28.3 Å². The molecule has 1 N–H and O–H groups in total. The molecule has 0 amide bonds. The minimum absolute atomic E-state index is 0.0512. The topological polar surface area (TPSA) is 37.3 Å². The minimum atomic E-state index is -0.889. The molecule has 0 aromatic heterocycles. The van der Waals surface area contributed by atoms with Crippen molar-refractivity contribution in [1.29, 1.82) is 0 Å². The normalized spacial score (nSPS) is 20.5. The summed E-state index contributed by atoms with van der Waals surface area (Å²) in [5.41, 5.74) is 4.47. The number of carboxylic acid groups (broad SMARTS) is 1. The van der Waals surface area contributed by atoms with E-state index in [1.807, 2.05) is 24.3 Å². The van der Waals surface area contributed by atoms with Crippen LogP contribution in [0.15, 0.2) is 42.5 Å². The maximum Gasteiger partial charge on any atom is 0.336 e. The second-order valence-electron chi connectivity index (χ2n) is 4.46. The van der Waals surface area contributed by atoms with Gasteiger partial charge >= 0.3 is 5.97 Å². The summed E-state index contributed by atoms with van der Waals surface area (Å²) >= 11 is 7.30. The van der Waals surface area contributed by atoms with Crippen LogP contribution < -0.4 is 0 Å². The molecule has 0 radical (unpaired) electrons. The summed E-state index contributed by atoms with van der Waals surface area (Å²) in [7, 11) is 0. The van der Waals surface area contributed by atoms with E-state index in [2.05, 4.69) is 37.9 Å². The van der Waals surface area contributed by atoms with Crippen LogP contribution in [0.25, 0.3) is 11.1 Å². The molecule has 2 aromatic rings. The number of carbonyl (C=O) groups is 1. The smallest absolute Gasteiger partial charge is 0.336 e. The number of carboxylic acids is 1. The maximum absolute atomic E-state index is 11.4. The number of fused-ring (bicyclic) bond motifs is 3. The van der Waals surface area contributed by atoms with E-state index in [1.54, 1.807) is 12.1 Å². The molecule has 0 heterocycles. The van der Waals surface area contributed by atoms with Crippen molar-refractivity contribution in [3.63, 3.8) is 0 Å². The molecule has 0 aliphatic heterocycles. The van der Waals surface area contributed by atoms with Gasteiger partial charge in [-0.25, -0.2) is 4.79 Å². The van der Waals surface area contributed by atoms with Gasteiger partial charge in [-0.15, -0.1) is 0 Å². The first kappa shape index (κ1) is 12.9. The van der Waals surface area contributed by atoms with Crippen molar-refractivity contribution in [1.82, 2.24) is 0 Å². The Kier molecular flexibility index (Phi) is 3.23. The van der Waals surface area contributed by atoms with E-state index in [0.29, 0.717) is 5.56 Å². The lowest BCUT2D eigenvalue weighted by molar-refractivity contribution is 0.0695. The molecule has 2 atom stereocenters. The van der Waals surface area contributed by atoms with Crippen molar-refractivity contribution in [2.75, 3.05) is 0 Å². The SMILES string of the molecule is O=C(O)c1cccc2c1[C@H](Br)[C@@H](Br)c1ccccc1-2. The van der Waals surface area contributed by atoms with E-state index in [1.165, 1.54) is 5.56 Å². The zero-order valence-corrected chi connectivity index (χ0v) is 13.0. The lowest BCUT2D eigenvalue weighted by atomic mass is 9.83. The highest BCUT2D eigenvalue weighted by atomic mass is 79.9. The fraction of sp³-hybridized carbons (Fsp3) is 0.133. The summed E-state index contributed by atoms with van der Waals surface area (Å²) in [5.74, 6) is -0.889. The molecular formula is C15H10Br2O2. The van der Waals surface area contributed by atoms with Gasteiger partial charge in [0.15, 0.2) is 0 Å². The molecule has 96 valence electrons. The summed E-state index contributed by atoms with van der Waals surface area (Å²) in [6.45, 7) is 0. The third-order valence-electron chi connectivity index (χ3n) is 3.42. The van der Waals surface area contributed by atoms with Crippen molar-refractivity contribution < 1.29 is 9.90 Å². The molecular weight excluding hydrogens is 372 g/mol. The summed E-state index contributed by atoms with van der Waals surface area (Å²) < 4.78 is 0. The first-order valence-electron chi connectivity index (χ1n) is 5.85. The lowest BCUT2D eigenvalue weighted by Crippen LogP contribution is -2.14. The van der Waals surface area contributed by atoms with Gasteiger partial charge in [-0.1, -0.05) is 68.3 Å². The molecule has 1 aliphatic rings. The molecule has 0 bridgehead atoms. The summed E-state index contributed by atoms with van der Waals surface area (Å²) in [6, 6.07) is 13.5. The van der Waals surface area contributed by atoms with Crippen LogP contribution in [0.5, 0.6) is 0 Å². The molecule has 0 unspecified atom stereocenters. The van der Waals surface area contributed by atoms with Gasteiger partial charge in [0.25, 0.3) is 0 Å². The Morgan fingerprint density at radius 1 is 0.947 bits per heavy atom. The zero-order valence-electron chi connectivity index (χ0n) is 9.81. The van der Waals surface area contributed by atoms with Crippen molar-refractivity contribution in [2.45, 2.75) is 9.65 Å². The van der Waals surface area contributed by atoms with Crippen LogP contribution in [0.4, 0.5) is 0 Å². The van der Waals surface area contributed by atoms with E-state index in [0.717, 1.165) is 16.7 Å². The van der Waals surface area contributed by atoms with Crippen LogP contribution in [-0.2, 0) is 0 Å². The molecule has 0 saturated heterocycles. The fourth-order valence-electron chi connectivity index (χ4n) is 2.57. The summed E-state index contributed by atoms with van der Waals surface area (Å²) in [6.07, 6.45) is 0. The average Bonchev–Trinajstić information content (AvgIpc) is 2.44. The highest BCUT2D eigenvalue weighted by molar-refractivity contribution is 9.12. The number of benzene rings is 2. The predicted molar refractivity (Wildman–Crippen MR) is 82.2 cm³/mol.